The number of nitrogens with zero attached hydrogens (tertiary/aromatic N) is 2. The minimum absolute atomic E-state index is 0.00553. The molecule has 0 unspecified atom stereocenters. The van der Waals surface area contributed by atoms with Crippen LogP contribution < -0.4 is 11.1 Å². The van der Waals surface area contributed by atoms with Crippen molar-refractivity contribution in [3.63, 3.8) is 0 Å². The van der Waals surface area contributed by atoms with Crippen LogP contribution in [-0.2, 0) is 12.7 Å². The summed E-state index contributed by atoms with van der Waals surface area (Å²) in [6.45, 7) is 1.66. The second-order valence-corrected chi connectivity index (χ2v) is 4.23. The number of halogens is 3. The summed E-state index contributed by atoms with van der Waals surface area (Å²) in [5, 5.41) is 2.82. The van der Waals surface area contributed by atoms with Gasteiger partial charge in [0, 0.05) is 12.6 Å². The number of anilines is 2. The highest BCUT2D eigenvalue weighted by molar-refractivity contribution is 5.45. The van der Waals surface area contributed by atoms with Crippen molar-refractivity contribution in [2.45, 2.75) is 19.6 Å². The van der Waals surface area contributed by atoms with Crippen LogP contribution in [-0.4, -0.2) is 9.97 Å². The van der Waals surface area contributed by atoms with Gasteiger partial charge in [-0.3, -0.25) is 0 Å². The Balaban J connectivity index is 2.19. The van der Waals surface area contributed by atoms with Crippen LogP contribution in [0.5, 0.6) is 0 Å². The Morgan fingerprint density at radius 1 is 1.20 bits per heavy atom. The monoisotopic (exact) mass is 282 g/mol. The molecule has 1 heterocycles. The van der Waals surface area contributed by atoms with Gasteiger partial charge in [0.25, 0.3) is 0 Å². The zero-order valence-electron chi connectivity index (χ0n) is 10.7. The fraction of sp³-hybridized carbons (Fsp3) is 0.231. The van der Waals surface area contributed by atoms with Crippen LogP contribution in [0.15, 0.2) is 30.3 Å². The summed E-state index contributed by atoms with van der Waals surface area (Å²) < 4.78 is 38.5. The lowest BCUT2D eigenvalue weighted by molar-refractivity contribution is -0.138. The molecule has 3 N–H and O–H groups in total. The summed E-state index contributed by atoms with van der Waals surface area (Å²) in [6, 6.07) is 6.87. The Morgan fingerprint density at radius 2 is 1.90 bits per heavy atom. The smallest absolute Gasteiger partial charge is 0.384 e. The second kappa shape index (κ2) is 5.36. The SMILES string of the molecule is Cc1nc(N)cc(NCc2ccccc2C(F)(F)F)n1. The minimum Gasteiger partial charge on any atom is -0.384 e. The highest BCUT2D eigenvalue weighted by Gasteiger charge is 2.32. The van der Waals surface area contributed by atoms with Crippen molar-refractivity contribution >= 4 is 11.6 Å². The van der Waals surface area contributed by atoms with Gasteiger partial charge >= 0.3 is 6.18 Å². The number of nitrogens with two attached hydrogens (primary N) is 1. The first-order valence-corrected chi connectivity index (χ1v) is 5.86. The van der Waals surface area contributed by atoms with Crippen LogP contribution in [0.2, 0.25) is 0 Å². The van der Waals surface area contributed by atoms with Crippen molar-refractivity contribution in [3.8, 4) is 0 Å². The maximum atomic E-state index is 12.8. The molecule has 0 aliphatic heterocycles. The number of hydrogen-bond donors (Lipinski definition) is 2. The Labute approximate surface area is 113 Å². The molecule has 2 rings (SSSR count). The van der Waals surface area contributed by atoms with E-state index in [0.717, 1.165) is 6.07 Å². The number of aromatic nitrogens is 2. The molecule has 0 saturated carbocycles. The molecule has 2 aromatic rings. The summed E-state index contributed by atoms with van der Waals surface area (Å²) in [4.78, 5) is 7.95. The second-order valence-electron chi connectivity index (χ2n) is 4.23. The average molecular weight is 282 g/mol. The van der Waals surface area contributed by atoms with E-state index in [1.165, 1.54) is 18.2 Å². The van der Waals surface area contributed by atoms with Crippen molar-refractivity contribution in [2.75, 3.05) is 11.1 Å². The summed E-state index contributed by atoms with van der Waals surface area (Å²) in [6.07, 6.45) is -4.38. The Morgan fingerprint density at radius 3 is 2.55 bits per heavy atom. The maximum absolute atomic E-state index is 12.8. The molecule has 0 atom stereocenters. The number of rotatable bonds is 3. The number of hydrogen-bond acceptors (Lipinski definition) is 4. The summed E-state index contributed by atoms with van der Waals surface area (Å²) in [5.74, 6) is 1.12. The third-order valence-electron chi connectivity index (χ3n) is 2.64. The Kier molecular flexibility index (Phi) is 3.78. The average Bonchev–Trinajstić information content (AvgIpc) is 2.34. The fourth-order valence-corrected chi connectivity index (χ4v) is 1.82. The molecule has 0 radical (unpaired) electrons. The normalized spacial score (nSPS) is 11.4. The fourth-order valence-electron chi connectivity index (χ4n) is 1.82. The van der Waals surface area contributed by atoms with Gasteiger partial charge in [0.15, 0.2) is 0 Å². The molecule has 0 bridgehead atoms. The topological polar surface area (TPSA) is 63.8 Å². The molecule has 1 aromatic carbocycles. The summed E-state index contributed by atoms with van der Waals surface area (Å²) in [5.41, 5.74) is 5.04. The van der Waals surface area contributed by atoms with Crippen molar-refractivity contribution in [1.82, 2.24) is 9.97 Å². The van der Waals surface area contributed by atoms with Crippen LogP contribution in [0, 0.1) is 6.92 Å². The van der Waals surface area contributed by atoms with Gasteiger partial charge in [0.1, 0.15) is 17.5 Å². The lowest BCUT2D eigenvalue weighted by Crippen LogP contribution is -2.12. The van der Waals surface area contributed by atoms with Crippen molar-refractivity contribution in [3.05, 3.63) is 47.3 Å². The van der Waals surface area contributed by atoms with E-state index in [9.17, 15) is 13.2 Å². The zero-order valence-corrected chi connectivity index (χ0v) is 10.7. The van der Waals surface area contributed by atoms with E-state index in [0.29, 0.717) is 11.6 Å². The molecule has 0 fully saturated rings. The molecule has 7 heteroatoms. The quantitative estimate of drug-likeness (QED) is 0.908. The standard InChI is InChI=1S/C13H13F3N4/c1-8-19-11(17)6-12(20-8)18-7-9-4-2-3-5-10(9)13(14,15)16/h2-6H,7H2,1H3,(H3,17,18,19,20). The van der Waals surface area contributed by atoms with Gasteiger partial charge in [-0.25, -0.2) is 9.97 Å². The first kappa shape index (κ1) is 14.1. The highest BCUT2D eigenvalue weighted by atomic mass is 19.4. The molecule has 4 nitrogen and oxygen atoms in total. The third-order valence-corrected chi connectivity index (χ3v) is 2.64. The predicted molar refractivity (Wildman–Crippen MR) is 70.0 cm³/mol. The number of nitrogen functional groups attached to an aromatic ring is 1. The van der Waals surface area contributed by atoms with Crippen LogP contribution in [0.25, 0.3) is 0 Å². The largest absolute Gasteiger partial charge is 0.416 e. The zero-order chi connectivity index (χ0) is 14.8. The lowest BCUT2D eigenvalue weighted by Gasteiger charge is -2.13. The van der Waals surface area contributed by atoms with E-state index in [-0.39, 0.29) is 17.9 Å². The molecule has 20 heavy (non-hydrogen) atoms. The van der Waals surface area contributed by atoms with Crippen LogP contribution in [0.4, 0.5) is 24.8 Å². The minimum atomic E-state index is -4.38. The Hall–Kier alpha value is -2.31. The summed E-state index contributed by atoms with van der Waals surface area (Å²) in [7, 11) is 0. The molecule has 106 valence electrons. The van der Waals surface area contributed by atoms with Gasteiger partial charge in [-0.15, -0.1) is 0 Å². The highest BCUT2D eigenvalue weighted by Crippen LogP contribution is 2.32. The molecule has 0 amide bonds. The lowest BCUT2D eigenvalue weighted by atomic mass is 10.1. The van der Waals surface area contributed by atoms with Crippen LogP contribution >= 0.6 is 0 Å². The van der Waals surface area contributed by atoms with E-state index >= 15 is 0 Å². The summed E-state index contributed by atoms with van der Waals surface area (Å²) >= 11 is 0. The number of nitrogens with one attached hydrogen (secondary N) is 1. The number of benzene rings is 1. The third kappa shape index (κ3) is 3.37. The molecule has 1 aromatic heterocycles. The first-order valence-electron chi connectivity index (χ1n) is 5.86. The maximum Gasteiger partial charge on any atom is 0.416 e. The van der Waals surface area contributed by atoms with Gasteiger partial charge in [-0.2, -0.15) is 13.2 Å². The van der Waals surface area contributed by atoms with E-state index in [2.05, 4.69) is 15.3 Å². The molecule has 0 spiro atoms. The van der Waals surface area contributed by atoms with Gasteiger partial charge in [0.2, 0.25) is 0 Å². The predicted octanol–water partition coefficient (Wildman–Crippen LogP) is 3.00. The van der Waals surface area contributed by atoms with E-state index in [1.54, 1.807) is 13.0 Å². The first-order chi connectivity index (χ1) is 9.36. The molecule has 0 aliphatic rings. The number of alkyl halides is 3. The van der Waals surface area contributed by atoms with Gasteiger partial charge < -0.3 is 11.1 Å². The van der Waals surface area contributed by atoms with Crippen molar-refractivity contribution in [2.24, 2.45) is 0 Å². The Bertz CT molecular complexity index is 591. The van der Waals surface area contributed by atoms with E-state index in [4.69, 9.17) is 5.73 Å². The van der Waals surface area contributed by atoms with Crippen LogP contribution in [0.1, 0.15) is 17.0 Å². The van der Waals surface area contributed by atoms with Gasteiger partial charge in [-0.1, -0.05) is 18.2 Å². The number of aryl methyl sites for hydroxylation is 1. The van der Waals surface area contributed by atoms with Crippen molar-refractivity contribution < 1.29 is 13.2 Å². The molecular formula is C13H13F3N4. The molecule has 0 saturated heterocycles. The van der Waals surface area contributed by atoms with Crippen molar-refractivity contribution in [1.29, 1.82) is 0 Å². The molecule has 0 aliphatic carbocycles. The molecular weight excluding hydrogens is 269 g/mol. The van der Waals surface area contributed by atoms with E-state index in [1.807, 2.05) is 0 Å². The van der Waals surface area contributed by atoms with E-state index < -0.39 is 11.7 Å². The van der Waals surface area contributed by atoms with Crippen LogP contribution in [0.3, 0.4) is 0 Å². The van der Waals surface area contributed by atoms with Gasteiger partial charge in [0.05, 0.1) is 5.56 Å². The van der Waals surface area contributed by atoms with Gasteiger partial charge in [-0.05, 0) is 18.6 Å².